The summed E-state index contributed by atoms with van der Waals surface area (Å²) in [5, 5.41) is 6.06. The average molecular weight is 499 g/mol. The van der Waals surface area contributed by atoms with Crippen molar-refractivity contribution in [2.24, 2.45) is 5.10 Å². The first-order valence-electron chi connectivity index (χ1n) is 9.96. The van der Waals surface area contributed by atoms with Crippen molar-refractivity contribution in [2.75, 3.05) is 7.11 Å². The zero-order valence-corrected chi connectivity index (χ0v) is 19.5. The minimum absolute atomic E-state index is 0.305. The summed E-state index contributed by atoms with van der Waals surface area (Å²) in [6, 6.07) is 16.6. The van der Waals surface area contributed by atoms with Gasteiger partial charge in [-0.25, -0.2) is 5.43 Å². The molecule has 32 heavy (non-hydrogen) atoms. The minimum atomic E-state index is -0.747. The van der Waals surface area contributed by atoms with Gasteiger partial charge in [0.15, 0.2) is 6.10 Å². The van der Waals surface area contributed by atoms with Crippen LogP contribution in [0.2, 0.25) is 0 Å². The lowest BCUT2D eigenvalue weighted by molar-refractivity contribution is -0.132. The molecule has 8 heteroatoms. The number of nitrogens with zero attached hydrogens (tertiary/aromatic N) is 1. The van der Waals surface area contributed by atoms with E-state index in [9.17, 15) is 9.59 Å². The lowest BCUT2D eigenvalue weighted by Gasteiger charge is -2.17. The van der Waals surface area contributed by atoms with Gasteiger partial charge in [-0.05, 0) is 57.4 Å². The van der Waals surface area contributed by atoms with Crippen molar-refractivity contribution in [3.8, 4) is 17.2 Å². The lowest BCUT2D eigenvalue weighted by Crippen LogP contribution is -2.35. The van der Waals surface area contributed by atoms with Crippen LogP contribution in [0.15, 0.2) is 64.2 Å². The smallest absolute Gasteiger partial charge is 0.308 e. The largest absolute Gasteiger partial charge is 0.497 e. The molecule has 1 amide bonds. The summed E-state index contributed by atoms with van der Waals surface area (Å²) < 4.78 is 17.1. The van der Waals surface area contributed by atoms with Crippen LogP contribution in [0.1, 0.15) is 25.8 Å². The van der Waals surface area contributed by atoms with Gasteiger partial charge in [-0.1, -0.05) is 37.3 Å². The summed E-state index contributed by atoms with van der Waals surface area (Å²) in [6.07, 6.45) is 1.08. The van der Waals surface area contributed by atoms with E-state index in [0.717, 1.165) is 15.2 Å². The van der Waals surface area contributed by atoms with Gasteiger partial charge in [0.1, 0.15) is 17.2 Å². The lowest BCUT2D eigenvalue weighted by atomic mass is 10.1. The zero-order valence-electron chi connectivity index (χ0n) is 17.9. The fraction of sp³-hybridized carbons (Fsp3) is 0.208. The normalized spacial score (nSPS) is 11.9. The maximum absolute atomic E-state index is 12.7. The van der Waals surface area contributed by atoms with E-state index in [1.165, 1.54) is 20.2 Å². The number of hydrogen-bond donors (Lipinski definition) is 1. The van der Waals surface area contributed by atoms with Crippen LogP contribution in [0.5, 0.6) is 17.2 Å². The number of nitrogens with one attached hydrogen (secondary N) is 1. The van der Waals surface area contributed by atoms with Crippen molar-refractivity contribution in [1.82, 2.24) is 5.43 Å². The fourth-order valence-corrected chi connectivity index (χ4v) is 3.61. The third kappa shape index (κ3) is 5.64. The SMILES string of the molecule is CCC(Oc1ccc2ccccc2c1Br)C(=O)N/N=C\c1cc(OC)ccc1OC(C)=O. The molecule has 0 heterocycles. The van der Waals surface area contributed by atoms with Gasteiger partial charge in [-0.15, -0.1) is 0 Å². The Hall–Kier alpha value is -3.39. The maximum atomic E-state index is 12.7. The fourth-order valence-electron chi connectivity index (χ4n) is 3.02. The number of hydrogen-bond acceptors (Lipinski definition) is 6. The highest BCUT2D eigenvalue weighted by Crippen LogP contribution is 2.34. The molecule has 0 saturated heterocycles. The van der Waals surface area contributed by atoms with Gasteiger partial charge in [-0.2, -0.15) is 5.10 Å². The van der Waals surface area contributed by atoms with Crippen LogP contribution in [0.3, 0.4) is 0 Å². The van der Waals surface area contributed by atoms with E-state index in [0.29, 0.717) is 29.2 Å². The molecule has 166 valence electrons. The number of fused-ring (bicyclic) bond motifs is 1. The summed E-state index contributed by atoms with van der Waals surface area (Å²) in [6.45, 7) is 3.16. The molecule has 0 aliphatic heterocycles. The van der Waals surface area contributed by atoms with E-state index in [2.05, 4.69) is 26.5 Å². The van der Waals surface area contributed by atoms with E-state index in [-0.39, 0.29) is 0 Å². The standard InChI is InChI=1S/C24H23BrN2O5/c1-4-20(32-22-11-9-16-7-5-6-8-19(16)23(22)25)24(29)27-26-14-17-13-18(30-3)10-12-21(17)31-15(2)28/h5-14,20H,4H2,1-3H3,(H,27,29)/b26-14-. The third-order valence-corrected chi connectivity index (χ3v) is 5.43. The number of methoxy groups -OCH3 is 1. The Balaban J connectivity index is 1.73. The van der Waals surface area contributed by atoms with Crippen LogP contribution < -0.4 is 19.6 Å². The van der Waals surface area contributed by atoms with E-state index < -0.39 is 18.0 Å². The minimum Gasteiger partial charge on any atom is -0.497 e. The second kappa shape index (κ2) is 10.8. The number of hydrazone groups is 1. The molecule has 0 spiro atoms. The maximum Gasteiger partial charge on any atom is 0.308 e. The first kappa shape index (κ1) is 23.3. The molecular weight excluding hydrogens is 476 g/mol. The van der Waals surface area contributed by atoms with Crippen molar-refractivity contribution < 1.29 is 23.8 Å². The molecule has 3 aromatic carbocycles. The van der Waals surface area contributed by atoms with Gasteiger partial charge in [0.05, 0.1) is 17.8 Å². The summed E-state index contributed by atoms with van der Waals surface area (Å²) in [7, 11) is 1.53. The second-order valence-corrected chi connectivity index (χ2v) is 7.64. The molecule has 0 aliphatic rings. The first-order chi connectivity index (χ1) is 15.4. The molecule has 1 atom stereocenters. The monoisotopic (exact) mass is 498 g/mol. The number of rotatable bonds is 8. The molecule has 0 bridgehead atoms. The second-order valence-electron chi connectivity index (χ2n) is 6.85. The van der Waals surface area contributed by atoms with Crippen LogP contribution in [0.4, 0.5) is 0 Å². The van der Waals surface area contributed by atoms with Gasteiger partial charge in [-0.3, -0.25) is 9.59 Å². The van der Waals surface area contributed by atoms with Crippen molar-refractivity contribution in [2.45, 2.75) is 26.4 Å². The molecular formula is C24H23BrN2O5. The highest BCUT2D eigenvalue weighted by atomic mass is 79.9. The first-order valence-corrected chi connectivity index (χ1v) is 10.8. The highest BCUT2D eigenvalue weighted by Gasteiger charge is 2.20. The van der Waals surface area contributed by atoms with Gasteiger partial charge < -0.3 is 14.2 Å². The number of halogens is 1. The van der Waals surface area contributed by atoms with Crippen molar-refractivity contribution >= 4 is 44.8 Å². The Kier molecular flexibility index (Phi) is 7.83. The van der Waals surface area contributed by atoms with E-state index >= 15 is 0 Å². The van der Waals surface area contributed by atoms with E-state index in [4.69, 9.17) is 14.2 Å². The zero-order chi connectivity index (χ0) is 23.1. The number of ether oxygens (including phenoxy) is 3. The number of amides is 1. The van der Waals surface area contributed by atoms with E-state index in [1.807, 2.05) is 43.3 Å². The molecule has 0 saturated carbocycles. The Morgan fingerprint density at radius 1 is 1.12 bits per heavy atom. The summed E-state index contributed by atoms with van der Waals surface area (Å²) in [4.78, 5) is 24.0. The summed E-state index contributed by atoms with van der Waals surface area (Å²) in [5.74, 6) is 0.568. The van der Waals surface area contributed by atoms with Crippen LogP contribution in [-0.2, 0) is 9.59 Å². The predicted molar refractivity (Wildman–Crippen MR) is 126 cm³/mol. The molecule has 7 nitrogen and oxygen atoms in total. The summed E-state index contributed by atoms with van der Waals surface area (Å²) in [5.41, 5.74) is 2.96. The van der Waals surface area contributed by atoms with Gasteiger partial charge in [0, 0.05) is 12.5 Å². The topological polar surface area (TPSA) is 86.2 Å². The average Bonchev–Trinajstić information content (AvgIpc) is 2.79. The van der Waals surface area contributed by atoms with Crippen LogP contribution in [-0.4, -0.2) is 31.3 Å². The molecule has 1 N–H and O–H groups in total. The van der Waals surface area contributed by atoms with Crippen molar-refractivity contribution in [3.63, 3.8) is 0 Å². The number of carbonyl (C=O) groups excluding carboxylic acids is 2. The van der Waals surface area contributed by atoms with Gasteiger partial charge in [0.25, 0.3) is 5.91 Å². The molecule has 3 rings (SSSR count). The van der Waals surface area contributed by atoms with Crippen LogP contribution in [0.25, 0.3) is 10.8 Å². The van der Waals surface area contributed by atoms with Crippen molar-refractivity contribution in [3.05, 3.63) is 64.6 Å². The highest BCUT2D eigenvalue weighted by molar-refractivity contribution is 9.10. The molecule has 0 fully saturated rings. The van der Waals surface area contributed by atoms with Gasteiger partial charge >= 0.3 is 5.97 Å². The Morgan fingerprint density at radius 3 is 2.59 bits per heavy atom. The Morgan fingerprint density at radius 2 is 1.88 bits per heavy atom. The van der Waals surface area contributed by atoms with Crippen molar-refractivity contribution in [1.29, 1.82) is 0 Å². The molecule has 3 aromatic rings. The molecule has 0 aromatic heterocycles. The van der Waals surface area contributed by atoms with E-state index in [1.54, 1.807) is 18.2 Å². The Bertz CT molecular complexity index is 1160. The predicted octanol–water partition coefficient (Wildman–Crippen LogP) is 4.84. The molecule has 1 unspecified atom stereocenters. The Labute approximate surface area is 194 Å². The molecule has 0 aliphatic carbocycles. The summed E-state index contributed by atoms with van der Waals surface area (Å²) >= 11 is 3.57. The van der Waals surface area contributed by atoms with Crippen LogP contribution in [0, 0.1) is 0 Å². The molecule has 0 radical (unpaired) electrons. The third-order valence-electron chi connectivity index (χ3n) is 4.61. The quantitative estimate of drug-likeness (QED) is 0.207. The number of benzene rings is 3. The van der Waals surface area contributed by atoms with Gasteiger partial charge in [0.2, 0.25) is 0 Å². The van der Waals surface area contributed by atoms with Crippen LogP contribution >= 0.6 is 15.9 Å². The number of carbonyl (C=O) groups is 2. The number of esters is 1.